The number of fused-ring (bicyclic) bond motifs is 2. The van der Waals surface area contributed by atoms with Crippen molar-refractivity contribution in [3.8, 4) is 17.2 Å². The van der Waals surface area contributed by atoms with E-state index in [2.05, 4.69) is 9.97 Å². The third kappa shape index (κ3) is 3.75. The second-order valence-corrected chi connectivity index (χ2v) is 9.31. The maximum Gasteiger partial charge on any atom is 0.302 e. The maximum absolute atomic E-state index is 13.5. The fourth-order valence-corrected chi connectivity index (χ4v) is 4.87. The number of hydrogen-bond donors (Lipinski definition) is 2. The Morgan fingerprint density at radius 2 is 1.71 bits per heavy atom. The predicted octanol–water partition coefficient (Wildman–Crippen LogP) is 4.59. The Labute approximate surface area is 218 Å². The number of carbonyl (C=O) groups excluding carboxylic acids is 2. The van der Waals surface area contributed by atoms with Crippen LogP contribution in [0.25, 0.3) is 16.8 Å². The molecule has 1 saturated heterocycles. The van der Waals surface area contributed by atoms with Gasteiger partial charge in [-0.15, -0.1) is 0 Å². The van der Waals surface area contributed by atoms with Crippen LogP contribution >= 0.6 is 0 Å². The van der Waals surface area contributed by atoms with Gasteiger partial charge in [0.15, 0.2) is 11.5 Å². The number of ether oxygens (including phenoxy) is 3. The average Bonchev–Trinajstić information content (AvgIpc) is 3.45. The first kappa shape index (κ1) is 23.6. The van der Waals surface area contributed by atoms with Crippen LogP contribution in [0.15, 0.2) is 60.2 Å². The van der Waals surface area contributed by atoms with Crippen LogP contribution in [0, 0.1) is 13.8 Å². The van der Waals surface area contributed by atoms with Crippen molar-refractivity contribution >= 4 is 34.4 Å². The molecule has 1 atom stereocenters. The molecule has 9 nitrogen and oxygen atoms in total. The Bertz CT molecular complexity index is 1600. The third-order valence-corrected chi connectivity index (χ3v) is 7.00. The molecule has 3 heterocycles. The molecule has 9 heteroatoms. The summed E-state index contributed by atoms with van der Waals surface area (Å²) in [7, 11) is 1.56. The van der Waals surface area contributed by atoms with Crippen molar-refractivity contribution in [1.29, 1.82) is 0 Å². The summed E-state index contributed by atoms with van der Waals surface area (Å²) in [6.07, 6.45) is 0. The molecular formula is C29H25N3O6. The lowest BCUT2D eigenvalue weighted by atomic mass is 9.95. The number of nitrogens with zero attached hydrogens (tertiary/aromatic N) is 2. The Balaban J connectivity index is 1.53. The first-order chi connectivity index (χ1) is 18.4. The number of ketones is 1. The number of rotatable bonds is 4. The number of nitrogens with one attached hydrogen (secondary N) is 1. The Morgan fingerprint density at radius 1 is 1.00 bits per heavy atom. The molecule has 3 aromatic carbocycles. The number of aliphatic hydroxyl groups excluding tert-OH is 1. The van der Waals surface area contributed by atoms with E-state index < -0.39 is 17.7 Å². The molecule has 0 bridgehead atoms. The van der Waals surface area contributed by atoms with Gasteiger partial charge in [-0.25, -0.2) is 4.98 Å². The van der Waals surface area contributed by atoms with Crippen LogP contribution in [0.2, 0.25) is 0 Å². The number of amides is 1. The molecule has 1 unspecified atom stereocenters. The molecule has 0 radical (unpaired) electrons. The number of aromatic nitrogens is 2. The number of hydrogen-bond acceptors (Lipinski definition) is 7. The summed E-state index contributed by atoms with van der Waals surface area (Å²) in [5.74, 6) is -0.0809. The van der Waals surface area contributed by atoms with Gasteiger partial charge < -0.3 is 24.3 Å². The highest BCUT2D eigenvalue weighted by atomic mass is 16.6. The number of aliphatic hydroxyl groups is 1. The fraction of sp³-hybridized carbons (Fsp3) is 0.207. The second-order valence-electron chi connectivity index (χ2n) is 9.31. The van der Waals surface area contributed by atoms with E-state index in [9.17, 15) is 14.7 Å². The lowest BCUT2D eigenvalue weighted by Crippen LogP contribution is -2.30. The summed E-state index contributed by atoms with van der Waals surface area (Å²) in [6, 6.07) is 14.9. The van der Waals surface area contributed by atoms with E-state index in [0.717, 1.165) is 16.6 Å². The molecule has 2 N–H and O–H groups in total. The number of aryl methyl sites for hydroxylation is 2. The van der Waals surface area contributed by atoms with Crippen molar-refractivity contribution in [3.05, 3.63) is 82.4 Å². The highest BCUT2D eigenvalue weighted by Gasteiger charge is 2.48. The van der Waals surface area contributed by atoms with E-state index in [1.165, 1.54) is 4.90 Å². The van der Waals surface area contributed by atoms with Crippen LogP contribution in [0.4, 0.5) is 5.95 Å². The predicted molar refractivity (Wildman–Crippen MR) is 141 cm³/mol. The third-order valence-electron chi connectivity index (χ3n) is 7.00. The summed E-state index contributed by atoms with van der Waals surface area (Å²) >= 11 is 0. The molecular weight excluding hydrogens is 486 g/mol. The van der Waals surface area contributed by atoms with Gasteiger partial charge in [0.25, 0.3) is 5.78 Å². The van der Waals surface area contributed by atoms with Crippen molar-refractivity contribution < 1.29 is 28.9 Å². The molecule has 2 aliphatic heterocycles. The maximum atomic E-state index is 13.5. The molecule has 0 saturated carbocycles. The summed E-state index contributed by atoms with van der Waals surface area (Å²) in [4.78, 5) is 36.1. The Hall–Kier alpha value is -4.79. The number of carbonyl (C=O) groups is 2. The zero-order valence-electron chi connectivity index (χ0n) is 21.1. The van der Waals surface area contributed by atoms with E-state index >= 15 is 0 Å². The van der Waals surface area contributed by atoms with Crippen LogP contribution in [-0.2, 0) is 9.59 Å². The van der Waals surface area contributed by atoms with Crippen molar-refractivity contribution in [2.45, 2.75) is 19.9 Å². The zero-order chi connectivity index (χ0) is 26.6. The van der Waals surface area contributed by atoms with E-state index in [1.54, 1.807) is 49.6 Å². The molecule has 6 rings (SSSR count). The normalized spacial score (nSPS) is 18.3. The van der Waals surface area contributed by atoms with E-state index in [0.29, 0.717) is 47.1 Å². The molecule has 1 aromatic heterocycles. The molecule has 1 fully saturated rings. The summed E-state index contributed by atoms with van der Waals surface area (Å²) < 4.78 is 16.5. The smallest absolute Gasteiger partial charge is 0.302 e. The number of anilines is 1. The van der Waals surface area contributed by atoms with Gasteiger partial charge in [-0.3, -0.25) is 14.5 Å². The molecule has 38 heavy (non-hydrogen) atoms. The van der Waals surface area contributed by atoms with Crippen molar-refractivity contribution in [2.24, 2.45) is 0 Å². The van der Waals surface area contributed by atoms with Gasteiger partial charge in [0.1, 0.15) is 24.7 Å². The number of H-pyrrole nitrogens is 1. The van der Waals surface area contributed by atoms with Crippen LogP contribution < -0.4 is 19.1 Å². The van der Waals surface area contributed by atoms with Gasteiger partial charge >= 0.3 is 5.91 Å². The molecule has 192 valence electrons. The first-order valence-corrected chi connectivity index (χ1v) is 12.2. The van der Waals surface area contributed by atoms with Crippen LogP contribution in [0.5, 0.6) is 17.2 Å². The minimum absolute atomic E-state index is 0.0512. The number of Topliss-reactive ketones (excluding diaryl/α,β-unsaturated/α-hetero) is 1. The van der Waals surface area contributed by atoms with Crippen molar-refractivity contribution in [1.82, 2.24) is 9.97 Å². The molecule has 4 aromatic rings. The number of methoxy groups -OCH3 is 1. The SMILES string of the molecule is COc1ccc(C2/C(=C(\O)c3ccc4c(c3)OCCO4)C(=O)C(=O)N2c2nc3cc(C)c(C)cc3[nH]2)cc1. The van der Waals surface area contributed by atoms with Crippen LogP contribution in [0.3, 0.4) is 0 Å². The lowest BCUT2D eigenvalue weighted by molar-refractivity contribution is -0.132. The highest BCUT2D eigenvalue weighted by Crippen LogP contribution is 2.43. The number of imidazole rings is 1. The lowest BCUT2D eigenvalue weighted by Gasteiger charge is -2.23. The van der Waals surface area contributed by atoms with Gasteiger partial charge in [-0.1, -0.05) is 12.1 Å². The fourth-order valence-electron chi connectivity index (χ4n) is 4.87. The summed E-state index contributed by atoms with van der Waals surface area (Å²) in [5, 5.41) is 11.4. The monoisotopic (exact) mass is 511 g/mol. The summed E-state index contributed by atoms with van der Waals surface area (Å²) in [5.41, 5.74) is 4.43. The molecule has 0 aliphatic carbocycles. The van der Waals surface area contributed by atoms with Crippen molar-refractivity contribution in [3.63, 3.8) is 0 Å². The van der Waals surface area contributed by atoms with E-state index in [1.807, 2.05) is 26.0 Å². The van der Waals surface area contributed by atoms with E-state index in [-0.39, 0.29) is 17.3 Å². The molecule has 0 spiro atoms. The second kappa shape index (κ2) is 8.95. The topological polar surface area (TPSA) is 114 Å². The standard InChI is InChI=1S/C29H25N3O6/c1-15-12-20-21(13-16(15)2)31-29(30-20)32-25(17-4-7-19(36-3)8-5-17)24(27(34)28(32)35)26(33)18-6-9-22-23(14-18)38-11-10-37-22/h4-9,12-14,25,33H,10-11H2,1-3H3,(H,30,31)/b26-24+. The largest absolute Gasteiger partial charge is 0.507 e. The van der Waals surface area contributed by atoms with Gasteiger partial charge in [-0.2, -0.15) is 0 Å². The van der Waals surface area contributed by atoms with Gasteiger partial charge in [0.2, 0.25) is 5.95 Å². The molecule has 1 amide bonds. The van der Waals surface area contributed by atoms with Gasteiger partial charge in [0.05, 0.1) is 29.8 Å². The van der Waals surface area contributed by atoms with Crippen LogP contribution in [-0.4, -0.2) is 47.1 Å². The number of benzene rings is 3. The average molecular weight is 512 g/mol. The minimum Gasteiger partial charge on any atom is -0.507 e. The quantitative estimate of drug-likeness (QED) is 0.234. The molecule has 2 aliphatic rings. The van der Waals surface area contributed by atoms with Gasteiger partial charge in [0, 0.05) is 5.56 Å². The van der Waals surface area contributed by atoms with Crippen molar-refractivity contribution in [2.75, 3.05) is 25.2 Å². The van der Waals surface area contributed by atoms with E-state index in [4.69, 9.17) is 14.2 Å². The highest BCUT2D eigenvalue weighted by molar-refractivity contribution is 6.51. The van der Waals surface area contributed by atoms with Gasteiger partial charge in [-0.05, 0) is 73.0 Å². The Morgan fingerprint density at radius 3 is 2.45 bits per heavy atom. The van der Waals surface area contributed by atoms with Crippen LogP contribution in [0.1, 0.15) is 28.3 Å². The Kier molecular flexibility index (Phi) is 5.56. The zero-order valence-corrected chi connectivity index (χ0v) is 21.1. The minimum atomic E-state index is -0.933. The summed E-state index contributed by atoms with van der Waals surface area (Å²) in [6.45, 7) is 4.78. The first-order valence-electron chi connectivity index (χ1n) is 12.2. The number of aromatic amines is 1.